The molecule has 5 rings (SSSR count). The zero-order valence-electron chi connectivity index (χ0n) is 22.1. The number of ketones is 1. The largest absolute Gasteiger partial charge is 0.460 e. The molecule has 1 aromatic carbocycles. The van der Waals surface area contributed by atoms with E-state index in [-0.39, 0.29) is 65.3 Å². The molecule has 1 aliphatic heterocycles. The monoisotopic (exact) mass is 584 g/mol. The number of allylic oxidation sites excluding steroid dienone is 1. The topological polar surface area (TPSA) is 102 Å². The minimum Gasteiger partial charge on any atom is -0.460 e. The molecule has 1 fully saturated rings. The number of pyridine rings is 2. The highest BCUT2D eigenvalue weighted by Crippen LogP contribution is 2.39. The summed E-state index contributed by atoms with van der Waals surface area (Å²) in [6, 6.07) is 9.98. The van der Waals surface area contributed by atoms with Gasteiger partial charge in [-0.05, 0) is 60.2 Å². The Kier molecular flexibility index (Phi) is 7.81. The molecule has 3 aromatic heterocycles. The summed E-state index contributed by atoms with van der Waals surface area (Å²) in [5.74, 6) is -2.96. The zero-order valence-corrected chi connectivity index (χ0v) is 22.1. The van der Waals surface area contributed by atoms with Crippen molar-refractivity contribution in [3.05, 3.63) is 83.4 Å². The predicted molar refractivity (Wildman–Crippen MR) is 146 cm³/mol. The van der Waals surface area contributed by atoms with Crippen LogP contribution in [0.15, 0.2) is 65.4 Å². The van der Waals surface area contributed by atoms with Crippen LogP contribution in [0.3, 0.4) is 0 Å². The number of nitrogen functional groups attached to an aromatic ring is 1. The van der Waals surface area contributed by atoms with E-state index in [1.165, 1.54) is 47.6 Å². The summed E-state index contributed by atoms with van der Waals surface area (Å²) in [7, 11) is 0. The number of piperidine rings is 1. The fourth-order valence-electron chi connectivity index (χ4n) is 4.63. The van der Waals surface area contributed by atoms with Gasteiger partial charge in [0.15, 0.2) is 5.78 Å². The van der Waals surface area contributed by atoms with E-state index in [2.05, 4.69) is 9.97 Å². The second-order valence-electron chi connectivity index (χ2n) is 10.0. The van der Waals surface area contributed by atoms with Gasteiger partial charge < -0.3 is 15.1 Å². The number of benzene rings is 1. The maximum atomic E-state index is 14.0. The van der Waals surface area contributed by atoms with E-state index in [0.717, 1.165) is 6.07 Å². The van der Waals surface area contributed by atoms with E-state index < -0.39 is 36.4 Å². The molecular formula is C30H25F5N4O3. The number of fused-ring (bicyclic) bond motifs is 1. The molecule has 0 saturated carbocycles. The van der Waals surface area contributed by atoms with Gasteiger partial charge in [0.05, 0.1) is 16.8 Å². The van der Waals surface area contributed by atoms with Crippen molar-refractivity contribution < 1.29 is 36.0 Å². The Labute approximate surface area is 236 Å². The van der Waals surface area contributed by atoms with Crippen molar-refractivity contribution in [1.82, 2.24) is 14.9 Å². The summed E-state index contributed by atoms with van der Waals surface area (Å²) in [4.78, 5) is 34.4. The molecule has 2 N–H and O–H groups in total. The van der Waals surface area contributed by atoms with Gasteiger partial charge in [0.25, 0.3) is 11.8 Å². The number of rotatable bonds is 7. The first-order chi connectivity index (χ1) is 19.9. The molecule has 1 saturated heterocycles. The number of carbonyl (C=O) groups is 2. The number of alkyl halides is 5. The minimum atomic E-state index is -4.73. The van der Waals surface area contributed by atoms with Crippen LogP contribution >= 0.6 is 0 Å². The number of nitrogens with zero attached hydrogens (tertiary/aromatic N) is 3. The molecule has 4 aromatic rings. The predicted octanol–water partition coefficient (Wildman–Crippen LogP) is 6.58. The number of halogens is 5. The molecule has 42 heavy (non-hydrogen) atoms. The molecule has 0 bridgehead atoms. The Hall–Kier alpha value is -4.61. The maximum absolute atomic E-state index is 14.0. The molecule has 7 nitrogen and oxygen atoms in total. The van der Waals surface area contributed by atoms with E-state index >= 15 is 0 Å². The third kappa shape index (κ3) is 6.64. The second kappa shape index (κ2) is 11.3. The Bertz CT molecular complexity index is 1630. The fourth-order valence-corrected chi connectivity index (χ4v) is 4.63. The van der Waals surface area contributed by atoms with E-state index in [1.807, 2.05) is 0 Å². The van der Waals surface area contributed by atoms with Gasteiger partial charge in [0.2, 0.25) is 0 Å². The Morgan fingerprint density at radius 1 is 1.02 bits per heavy atom. The Morgan fingerprint density at radius 3 is 2.43 bits per heavy atom. The number of furan rings is 1. The number of nitrogens with two attached hydrogens (primary N) is 1. The standard InChI is InChI=1S/C30H25F5N4O3/c31-29(32)9-11-39(12-10-29)28(41)19-3-7-25(37-17-19)20-13-21-14-23(42-27(21)24(15-20)30(33,34)35)6-5-22(40)4-1-18-2-8-26(36)38-16-18/h1-4,7-8,13-17H,5-6,9-12H2,(H2,36,38)/b4-1+. The number of amides is 1. The lowest BCUT2D eigenvalue weighted by Crippen LogP contribution is -2.42. The van der Waals surface area contributed by atoms with Crippen molar-refractivity contribution in [1.29, 1.82) is 0 Å². The SMILES string of the molecule is Nc1ccc(/C=C/C(=O)CCc2cc3cc(-c4ccc(C(=O)N5CCC(F)(F)CC5)cn4)cc(C(F)(F)F)c3o2)cn1. The summed E-state index contributed by atoms with van der Waals surface area (Å²) < 4.78 is 74.4. The van der Waals surface area contributed by atoms with E-state index in [0.29, 0.717) is 11.4 Å². The Morgan fingerprint density at radius 2 is 1.79 bits per heavy atom. The first kappa shape index (κ1) is 28.9. The number of likely N-dealkylation sites (tertiary alicyclic amines) is 1. The van der Waals surface area contributed by atoms with Gasteiger partial charge in [0, 0.05) is 62.1 Å². The van der Waals surface area contributed by atoms with Crippen molar-refractivity contribution in [3.63, 3.8) is 0 Å². The third-order valence-corrected chi connectivity index (χ3v) is 6.95. The molecule has 218 valence electrons. The molecule has 0 spiro atoms. The van der Waals surface area contributed by atoms with Crippen LogP contribution in [0.2, 0.25) is 0 Å². The molecule has 1 aliphatic rings. The van der Waals surface area contributed by atoms with Crippen LogP contribution in [0.1, 0.15) is 46.5 Å². The first-order valence-electron chi connectivity index (χ1n) is 13.1. The summed E-state index contributed by atoms with van der Waals surface area (Å²) in [5, 5.41) is 0.182. The van der Waals surface area contributed by atoms with Gasteiger partial charge in [-0.2, -0.15) is 13.2 Å². The van der Waals surface area contributed by atoms with Gasteiger partial charge in [-0.25, -0.2) is 13.8 Å². The van der Waals surface area contributed by atoms with Gasteiger partial charge in [-0.15, -0.1) is 0 Å². The van der Waals surface area contributed by atoms with Crippen LogP contribution in [-0.2, 0) is 17.4 Å². The lowest BCUT2D eigenvalue weighted by Gasteiger charge is -2.31. The normalized spacial score (nSPS) is 15.4. The van der Waals surface area contributed by atoms with E-state index in [4.69, 9.17) is 10.2 Å². The average molecular weight is 585 g/mol. The number of hydrogen-bond donors (Lipinski definition) is 1. The molecule has 0 aliphatic carbocycles. The first-order valence-corrected chi connectivity index (χ1v) is 13.1. The third-order valence-electron chi connectivity index (χ3n) is 6.95. The van der Waals surface area contributed by atoms with Crippen LogP contribution in [0.4, 0.5) is 27.8 Å². The average Bonchev–Trinajstić information content (AvgIpc) is 3.37. The lowest BCUT2D eigenvalue weighted by atomic mass is 10.0. The lowest BCUT2D eigenvalue weighted by molar-refractivity contribution is -0.136. The highest BCUT2D eigenvalue weighted by molar-refractivity contribution is 5.95. The van der Waals surface area contributed by atoms with Gasteiger partial charge >= 0.3 is 6.18 Å². The Balaban J connectivity index is 1.33. The summed E-state index contributed by atoms with van der Waals surface area (Å²) in [6.45, 7) is -0.187. The van der Waals surface area contributed by atoms with Crippen LogP contribution in [0.25, 0.3) is 28.3 Å². The molecule has 4 heterocycles. The van der Waals surface area contributed by atoms with Crippen molar-refractivity contribution in [2.45, 2.75) is 37.8 Å². The zero-order chi connectivity index (χ0) is 30.1. The van der Waals surface area contributed by atoms with Crippen LogP contribution < -0.4 is 5.73 Å². The number of aryl methyl sites for hydroxylation is 1. The number of aromatic nitrogens is 2. The minimum absolute atomic E-state index is 0.0125. The summed E-state index contributed by atoms with van der Waals surface area (Å²) >= 11 is 0. The van der Waals surface area contributed by atoms with Gasteiger partial charge in [-0.1, -0.05) is 0 Å². The highest BCUT2D eigenvalue weighted by atomic mass is 19.4. The van der Waals surface area contributed by atoms with Crippen molar-refractivity contribution in [2.24, 2.45) is 0 Å². The smallest absolute Gasteiger partial charge is 0.420 e. The van der Waals surface area contributed by atoms with Crippen molar-refractivity contribution >= 4 is 34.6 Å². The number of carbonyl (C=O) groups excluding carboxylic acids is 2. The van der Waals surface area contributed by atoms with E-state index in [1.54, 1.807) is 18.2 Å². The van der Waals surface area contributed by atoms with Gasteiger partial charge in [0.1, 0.15) is 17.2 Å². The maximum Gasteiger partial charge on any atom is 0.420 e. The van der Waals surface area contributed by atoms with Crippen molar-refractivity contribution in [2.75, 3.05) is 18.8 Å². The number of hydrogen-bond acceptors (Lipinski definition) is 6. The summed E-state index contributed by atoms with van der Waals surface area (Å²) in [6.07, 6.45) is 0.165. The molecule has 12 heteroatoms. The van der Waals surface area contributed by atoms with Crippen LogP contribution in [-0.4, -0.2) is 45.6 Å². The van der Waals surface area contributed by atoms with E-state index in [9.17, 15) is 31.5 Å². The highest BCUT2D eigenvalue weighted by Gasteiger charge is 2.36. The quantitative estimate of drug-likeness (QED) is 0.195. The van der Waals surface area contributed by atoms with Crippen LogP contribution in [0, 0.1) is 0 Å². The fraction of sp³-hybridized carbons (Fsp3) is 0.267. The molecule has 0 radical (unpaired) electrons. The summed E-state index contributed by atoms with van der Waals surface area (Å²) in [5.41, 5.74) is 5.34. The molecule has 0 atom stereocenters. The molecule has 1 amide bonds. The number of anilines is 1. The second-order valence-corrected chi connectivity index (χ2v) is 10.0. The molecule has 0 unspecified atom stereocenters. The van der Waals surface area contributed by atoms with Crippen molar-refractivity contribution in [3.8, 4) is 11.3 Å². The molecular weight excluding hydrogens is 559 g/mol. The van der Waals surface area contributed by atoms with Crippen LogP contribution in [0.5, 0.6) is 0 Å². The van der Waals surface area contributed by atoms with Gasteiger partial charge in [-0.3, -0.25) is 14.6 Å².